The third-order valence-electron chi connectivity index (χ3n) is 3.86. The van der Waals surface area contributed by atoms with Gasteiger partial charge in [0.05, 0.1) is 11.6 Å². The van der Waals surface area contributed by atoms with Crippen LogP contribution in [0.5, 0.6) is 0 Å². The highest BCUT2D eigenvalue weighted by Crippen LogP contribution is 2.25. The highest BCUT2D eigenvalue weighted by atomic mass is 28.3. The Morgan fingerprint density at radius 2 is 1.82 bits per heavy atom. The Balaban J connectivity index is 2.57. The average molecular weight is 325 g/mol. The summed E-state index contributed by atoms with van der Waals surface area (Å²) in [4.78, 5) is 11.4. The molecular weight excluding hydrogens is 292 g/mol. The lowest BCUT2D eigenvalue weighted by Crippen LogP contribution is -2.36. The first-order chi connectivity index (χ1) is 10.3. The molecule has 0 saturated heterocycles. The van der Waals surface area contributed by atoms with Crippen molar-refractivity contribution in [2.24, 2.45) is 0 Å². The van der Waals surface area contributed by atoms with E-state index in [2.05, 4.69) is 32.6 Å². The van der Waals surface area contributed by atoms with Crippen molar-refractivity contribution >= 4 is 19.4 Å². The Bertz CT molecular complexity index is 445. The van der Waals surface area contributed by atoms with Gasteiger partial charge in [-0.05, 0) is 18.9 Å². The molecule has 0 aliphatic carbocycles. The lowest BCUT2D eigenvalue weighted by Gasteiger charge is -2.15. The molecule has 0 aliphatic rings. The van der Waals surface area contributed by atoms with Crippen molar-refractivity contribution in [2.75, 3.05) is 0 Å². The van der Waals surface area contributed by atoms with E-state index in [-0.39, 0.29) is 12.1 Å². The summed E-state index contributed by atoms with van der Waals surface area (Å²) in [6.07, 6.45) is 9.96. The molecule has 0 bridgehead atoms. The molecule has 0 spiro atoms. The van der Waals surface area contributed by atoms with E-state index in [4.69, 9.17) is 9.15 Å². The molecule has 4 heteroatoms. The summed E-state index contributed by atoms with van der Waals surface area (Å²) in [5.41, 5.74) is 1.01. The molecule has 1 aromatic rings. The van der Waals surface area contributed by atoms with E-state index < -0.39 is 8.07 Å². The van der Waals surface area contributed by atoms with Crippen LogP contribution in [-0.2, 0) is 9.53 Å². The molecule has 1 rings (SSSR count). The van der Waals surface area contributed by atoms with Gasteiger partial charge >= 0.3 is 5.97 Å². The Labute approximate surface area is 136 Å². The lowest BCUT2D eigenvalue weighted by molar-refractivity contribution is -0.147. The smallest absolute Gasteiger partial charge is 0.303 e. The zero-order chi connectivity index (χ0) is 16.6. The molecule has 3 nitrogen and oxygen atoms in total. The van der Waals surface area contributed by atoms with E-state index in [0.29, 0.717) is 0 Å². The van der Waals surface area contributed by atoms with Crippen molar-refractivity contribution in [3.8, 4) is 0 Å². The first-order valence-corrected chi connectivity index (χ1v) is 12.1. The fourth-order valence-electron chi connectivity index (χ4n) is 2.52. The van der Waals surface area contributed by atoms with Gasteiger partial charge in [0.2, 0.25) is 0 Å². The molecule has 1 unspecified atom stereocenters. The largest absolute Gasteiger partial charge is 0.474 e. The SMILES string of the molecule is CCCCCCCCC(OC(C)=O)c1coc([Si](C)(C)C)c1. The number of furan rings is 1. The molecule has 0 saturated carbocycles. The minimum atomic E-state index is -1.46. The Morgan fingerprint density at radius 1 is 1.18 bits per heavy atom. The summed E-state index contributed by atoms with van der Waals surface area (Å²) in [7, 11) is -1.46. The van der Waals surface area contributed by atoms with Gasteiger partial charge in [-0.15, -0.1) is 0 Å². The van der Waals surface area contributed by atoms with E-state index in [9.17, 15) is 4.79 Å². The van der Waals surface area contributed by atoms with Crippen molar-refractivity contribution in [3.63, 3.8) is 0 Å². The molecule has 0 amide bonds. The highest BCUT2D eigenvalue weighted by Gasteiger charge is 2.24. The summed E-state index contributed by atoms with van der Waals surface area (Å²) in [5, 5.41) is 1.07. The Hall–Kier alpha value is -1.03. The molecule has 1 atom stereocenters. The second-order valence-corrected chi connectivity index (χ2v) is 12.1. The molecule has 0 fully saturated rings. The maximum atomic E-state index is 11.4. The lowest BCUT2D eigenvalue weighted by atomic mass is 10.0. The van der Waals surface area contributed by atoms with Gasteiger partial charge in [-0.3, -0.25) is 4.79 Å². The van der Waals surface area contributed by atoms with Gasteiger partial charge in [0.1, 0.15) is 14.2 Å². The number of esters is 1. The van der Waals surface area contributed by atoms with Crippen LogP contribution in [0.2, 0.25) is 19.6 Å². The van der Waals surface area contributed by atoms with Crippen molar-refractivity contribution in [3.05, 3.63) is 17.9 Å². The first-order valence-electron chi connectivity index (χ1n) is 8.60. The zero-order valence-electron chi connectivity index (χ0n) is 14.9. The zero-order valence-corrected chi connectivity index (χ0v) is 15.9. The van der Waals surface area contributed by atoms with Crippen LogP contribution < -0.4 is 5.38 Å². The van der Waals surface area contributed by atoms with Crippen LogP contribution in [0.25, 0.3) is 0 Å². The maximum Gasteiger partial charge on any atom is 0.303 e. The molecule has 0 aliphatic heterocycles. The maximum absolute atomic E-state index is 11.4. The van der Waals surface area contributed by atoms with E-state index in [0.717, 1.165) is 23.8 Å². The van der Waals surface area contributed by atoms with Gasteiger partial charge in [-0.1, -0.05) is 58.7 Å². The summed E-state index contributed by atoms with van der Waals surface area (Å²) in [6, 6.07) is 2.09. The minimum Gasteiger partial charge on any atom is -0.474 e. The number of hydrogen-bond acceptors (Lipinski definition) is 3. The van der Waals surface area contributed by atoms with Crippen LogP contribution >= 0.6 is 0 Å². The highest BCUT2D eigenvalue weighted by molar-refractivity contribution is 6.87. The number of unbranched alkanes of at least 4 members (excludes halogenated alkanes) is 5. The van der Waals surface area contributed by atoms with Crippen LogP contribution in [0.4, 0.5) is 0 Å². The van der Waals surface area contributed by atoms with Crippen LogP contribution in [0.3, 0.4) is 0 Å². The standard InChI is InChI=1S/C18H32O3Si/c1-6-7-8-9-10-11-12-17(21-15(2)19)16-13-18(20-14-16)22(3,4)5/h13-14,17H,6-12H2,1-5H3. The van der Waals surface area contributed by atoms with Gasteiger partial charge < -0.3 is 9.15 Å². The van der Waals surface area contributed by atoms with Crippen LogP contribution in [0, 0.1) is 0 Å². The Kier molecular flexibility index (Phi) is 7.94. The monoisotopic (exact) mass is 324 g/mol. The third kappa shape index (κ3) is 6.82. The average Bonchev–Trinajstić information content (AvgIpc) is 2.90. The molecular formula is C18H32O3Si. The minimum absolute atomic E-state index is 0.155. The first kappa shape index (κ1) is 19.0. The van der Waals surface area contributed by atoms with Gasteiger partial charge in [-0.2, -0.15) is 0 Å². The summed E-state index contributed by atoms with van der Waals surface area (Å²) < 4.78 is 11.2. The van der Waals surface area contributed by atoms with Gasteiger partial charge in [0, 0.05) is 12.5 Å². The van der Waals surface area contributed by atoms with Crippen molar-refractivity contribution < 1.29 is 13.9 Å². The molecule has 0 aromatic carbocycles. The predicted octanol–water partition coefficient (Wildman–Crippen LogP) is 5.18. The van der Waals surface area contributed by atoms with E-state index >= 15 is 0 Å². The summed E-state index contributed by atoms with van der Waals surface area (Å²) in [5.74, 6) is -0.216. The molecule has 1 heterocycles. The molecule has 22 heavy (non-hydrogen) atoms. The summed E-state index contributed by atoms with van der Waals surface area (Å²) in [6.45, 7) is 10.5. The fourth-order valence-corrected chi connectivity index (χ4v) is 3.53. The van der Waals surface area contributed by atoms with E-state index in [1.807, 2.05) is 0 Å². The van der Waals surface area contributed by atoms with E-state index in [1.165, 1.54) is 39.0 Å². The van der Waals surface area contributed by atoms with Gasteiger partial charge in [0.25, 0.3) is 0 Å². The third-order valence-corrected chi connectivity index (χ3v) is 5.60. The van der Waals surface area contributed by atoms with Gasteiger partial charge in [0.15, 0.2) is 0 Å². The Morgan fingerprint density at radius 3 is 2.36 bits per heavy atom. The molecule has 126 valence electrons. The number of ether oxygens (including phenoxy) is 1. The van der Waals surface area contributed by atoms with Crippen LogP contribution in [0.15, 0.2) is 16.7 Å². The quantitative estimate of drug-likeness (QED) is 0.338. The van der Waals surface area contributed by atoms with Crippen LogP contribution in [-0.4, -0.2) is 14.0 Å². The number of carbonyl (C=O) groups excluding carboxylic acids is 1. The number of carbonyl (C=O) groups is 1. The normalized spacial score (nSPS) is 13.1. The number of hydrogen-bond donors (Lipinski definition) is 0. The van der Waals surface area contributed by atoms with E-state index in [1.54, 1.807) is 6.26 Å². The second kappa shape index (κ2) is 9.18. The second-order valence-electron chi connectivity index (χ2n) is 7.15. The predicted molar refractivity (Wildman–Crippen MR) is 94.2 cm³/mol. The van der Waals surface area contributed by atoms with Crippen LogP contribution in [0.1, 0.15) is 70.5 Å². The molecule has 1 aromatic heterocycles. The number of rotatable bonds is 10. The molecule has 0 N–H and O–H groups in total. The van der Waals surface area contributed by atoms with Crippen molar-refractivity contribution in [1.29, 1.82) is 0 Å². The van der Waals surface area contributed by atoms with Crippen molar-refractivity contribution in [2.45, 2.75) is 84.5 Å². The van der Waals surface area contributed by atoms with Crippen molar-refractivity contribution in [1.82, 2.24) is 0 Å². The molecule has 0 radical (unpaired) electrons. The fraction of sp³-hybridized carbons (Fsp3) is 0.722. The topological polar surface area (TPSA) is 39.4 Å². The van der Waals surface area contributed by atoms with Gasteiger partial charge in [-0.25, -0.2) is 0 Å². The summed E-state index contributed by atoms with van der Waals surface area (Å²) >= 11 is 0.